The predicted molar refractivity (Wildman–Crippen MR) is 59.0 cm³/mol. The molecule has 2 aromatic heterocycles. The molecular weight excluding hydrogens is 200 g/mol. The van der Waals surface area contributed by atoms with Crippen molar-refractivity contribution in [2.45, 2.75) is 20.8 Å². The van der Waals surface area contributed by atoms with E-state index < -0.39 is 0 Å². The average Bonchev–Trinajstić information content (AvgIpc) is 2.27. The number of hydrogen-bond donors (Lipinski definition) is 1. The molecule has 0 bridgehead atoms. The van der Waals surface area contributed by atoms with E-state index in [0.717, 1.165) is 20.7 Å². The van der Waals surface area contributed by atoms with Crippen LogP contribution in [-0.4, -0.2) is 9.97 Å². The average molecular weight is 210 g/mol. The lowest BCUT2D eigenvalue weighted by molar-refractivity contribution is 1.09. The highest BCUT2D eigenvalue weighted by molar-refractivity contribution is 7.71. The Balaban J connectivity index is 3.03. The summed E-state index contributed by atoms with van der Waals surface area (Å²) in [5.74, 6) is 0.888. The molecule has 2 aromatic rings. The number of aryl methyl sites for hydroxylation is 3. The molecule has 4 heteroatoms. The molecule has 0 amide bonds. The van der Waals surface area contributed by atoms with Crippen LogP contribution >= 0.6 is 23.6 Å². The third-order valence-corrected chi connectivity index (χ3v) is 3.56. The van der Waals surface area contributed by atoms with Crippen LogP contribution in [-0.2, 0) is 0 Å². The van der Waals surface area contributed by atoms with Crippen molar-refractivity contribution in [2.24, 2.45) is 0 Å². The van der Waals surface area contributed by atoms with E-state index in [-0.39, 0.29) is 0 Å². The van der Waals surface area contributed by atoms with E-state index in [1.54, 1.807) is 11.3 Å². The van der Waals surface area contributed by atoms with Crippen LogP contribution in [0.15, 0.2) is 0 Å². The molecule has 0 aliphatic heterocycles. The van der Waals surface area contributed by atoms with Crippen molar-refractivity contribution in [1.82, 2.24) is 9.97 Å². The number of nitrogens with one attached hydrogen (secondary N) is 1. The Kier molecular flexibility index (Phi) is 1.96. The summed E-state index contributed by atoms with van der Waals surface area (Å²) in [4.78, 5) is 9.84. The molecule has 2 nitrogen and oxygen atoms in total. The van der Waals surface area contributed by atoms with Gasteiger partial charge in [-0.05, 0) is 26.3 Å². The van der Waals surface area contributed by atoms with Gasteiger partial charge in [0, 0.05) is 10.3 Å². The summed E-state index contributed by atoms with van der Waals surface area (Å²) < 4.78 is 0.810. The first-order valence-corrected chi connectivity index (χ1v) is 5.28. The fraction of sp³-hybridized carbons (Fsp3) is 0.333. The van der Waals surface area contributed by atoms with Crippen molar-refractivity contribution in [1.29, 1.82) is 0 Å². The lowest BCUT2D eigenvalue weighted by Crippen LogP contribution is -1.87. The monoisotopic (exact) mass is 210 g/mol. The van der Waals surface area contributed by atoms with Gasteiger partial charge in [0.1, 0.15) is 15.3 Å². The molecule has 0 saturated heterocycles. The SMILES string of the molecule is Cc1nc2sc(C)c(C)c2c(=S)[nH]1. The minimum atomic E-state index is 0.810. The van der Waals surface area contributed by atoms with E-state index in [4.69, 9.17) is 12.2 Å². The summed E-state index contributed by atoms with van der Waals surface area (Å²) in [6.45, 7) is 6.13. The lowest BCUT2D eigenvalue weighted by atomic mass is 10.2. The quantitative estimate of drug-likeness (QED) is 0.676. The van der Waals surface area contributed by atoms with Gasteiger partial charge in [0.15, 0.2) is 0 Å². The van der Waals surface area contributed by atoms with Crippen LogP contribution in [0.4, 0.5) is 0 Å². The fourth-order valence-electron chi connectivity index (χ4n) is 1.36. The smallest absolute Gasteiger partial charge is 0.128 e. The Morgan fingerprint density at radius 2 is 2.00 bits per heavy atom. The highest BCUT2D eigenvalue weighted by Gasteiger charge is 2.07. The zero-order chi connectivity index (χ0) is 9.59. The largest absolute Gasteiger partial charge is 0.334 e. The maximum atomic E-state index is 5.25. The zero-order valence-corrected chi connectivity index (χ0v) is 9.40. The molecule has 0 aromatic carbocycles. The summed E-state index contributed by atoms with van der Waals surface area (Å²) >= 11 is 6.96. The molecule has 0 unspecified atom stereocenters. The van der Waals surface area contributed by atoms with Crippen molar-refractivity contribution in [3.05, 3.63) is 20.9 Å². The predicted octanol–water partition coefficient (Wildman–Crippen LogP) is 3.28. The molecule has 0 fully saturated rings. The maximum absolute atomic E-state index is 5.25. The first-order chi connectivity index (χ1) is 6.09. The van der Waals surface area contributed by atoms with Gasteiger partial charge in [-0.2, -0.15) is 0 Å². The maximum Gasteiger partial charge on any atom is 0.128 e. The summed E-state index contributed by atoms with van der Waals surface area (Å²) in [5, 5.41) is 1.11. The third kappa shape index (κ3) is 1.30. The van der Waals surface area contributed by atoms with Crippen LogP contribution < -0.4 is 0 Å². The van der Waals surface area contributed by atoms with Gasteiger partial charge in [-0.3, -0.25) is 0 Å². The summed E-state index contributed by atoms with van der Waals surface area (Å²) in [6, 6.07) is 0. The minimum Gasteiger partial charge on any atom is -0.334 e. The molecule has 0 spiro atoms. The topological polar surface area (TPSA) is 28.7 Å². The third-order valence-electron chi connectivity index (χ3n) is 2.16. The Morgan fingerprint density at radius 3 is 2.69 bits per heavy atom. The number of aromatic nitrogens is 2. The van der Waals surface area contributed by atoms with Gasteiger partial charge < -0.3 is 4.98 Å². The molecule has 2 rings (SSSR count). The van der Waals surface area contributed by atoms with Gasteiger partial charge in [0.2, 0.25) is 0 Å². The molecule has 0 radical (unpaired) electrons. The van der Waals surface area contributed by atoms with Crippen LogP contribution in [0.1, 0.15) is 16.3 Å². The number of H-pyrrole nitrogens is 1. The van der Waals surface area contributed by atoms with Crippen molar-refractivity contribution in [3.63, 3.8) is 0 Å². The van der Waals surface area contributed by atoms with Gasteiger partial charge in [-0.25, -0.2) is 4.98 Å². The molecule has 0 atom stereocenters. The molecule has 0 aliphatic carbocycles. The molecular formula is C9H10N2S2. The Hall–Kier alpha value is -0.740. The van der Waals surface area contributed by atoms with Gasteiger partial charge in [0.25, 0.3) is 0 Å². The second-order valence-corrected chi connectivity index (χ2v) is 4.73. The number of fused-ring (bicyclic) bond motifs is 1. The second kappa shape index (κ2) is 2.89. The van der Waals surface area contributed by atoms with E-state index in [1.165, 1.54) is 10.4 Å². The van der Waals surface area contributed by atoms with Gasteiger partial charge in [0.05, 0.1) is 0 Å². The Bertz CT molecular complexity index is 522. The fourth-order valence-corrected chi connectivity index (χ4v) is 2.91. The molecule has 0 saturated carbocycles. The highest BCUT2D eigenvalue weighted by Crippen LogP contribution is 2.28. The number of hydrogen-bond acceptors (Lipinski definition) is 3. The molecule has 1 N–H and O–H groups in total. The zero-order valence-electron chi connectivity index (χ0n) is 7.76. The number of thiophene rings is 1. The van der Waals surface area contributed by atoms with E-state index in [0.29, 0.717) is 0 Å². The molecule has 2 heterocycles. The van der Waals surface area contributed by atoms with Crippen LogP contribution in [0.2, 0.25) is 0 Å². The van der Waals surface area contributed by atoms with Crippen LogP contribution in [0.25, 0.3) is 10.2 Å². The summed E-state index contributed by atoms with van der Waals surface area (Å²) in [5.41, 5.74) is 1.26. The highest BCUT2D eigenvalue weighted by atomic mass is 32.1. The van der Waals surface area contributed by atoms with Gasteiger partial charge >= 0.3 is 0 Å². The summed E-state index contributed by atoms with van der Waals surface area (Å²) in [7, 11) is 0. The lowest BCUT2D eigenvalue weighted by Gasteiger charge is -1.94. The summed E-state index contributed by atoms with van der Waals surface area (Å²) in [6.07, 6.45) is 0. The second-order valence-electron chi connectivity index (χ2n) is 3.11. The van der Waals surface area contributed by atoms with Crippen LogP contribution in [0.3, 0.4) is 0 Å². The van der Waals surface area contributed by atoms with Crippen LogP contribution in [0.5, 0.6) is 0 Å². The van der Waals surface area contributed by atoms with Gasteiger partial charge in [-0.1, -0.05) is 12.2 Å². The molecule has 13 heavy (non-hydrogen) atoms. The first-order valence-electron chi connectivity index (χ1n) is 4.06. The van der Waals surface area contributed by atoms with E-state index in [1.807, 2.05) is 6.92 Å². The van der Waals surface area contributed by atoms with E-state index >= 15 is 0 Å². The minimum absolute atomic E-state index is 0.810. The Labute approximate surface area is 85.6 Å². The first kappa shape index (κ1) is 8.84. The molecule has 68 valence electrons. The van der Waals surface area contributed by atoms with E-state index in [2.05, 4.69) is 23.8 Å². The van der Waals surface area contributed by atoms with Crippen molar-refractivity contribution in [2.75, 3.05) is 0 Å². The standard InChI is InChI=1S/C9H10N2S2/c1-4-5(2)13-9-7(4)8(12)10-6(3)11-9/h1-3H3,(H,10,11,12). The van der Waals surface area contributed by atoms with Crippen molar-refractivity contribution in [3.8, 4) is 0 Å². The van der Waals surface area contributed by atoms with Crippen molar-refractivity contribution >= 4 is 33.8 Å². The van der Waals surface area contributed by atoms with Crippen molar-refractivity contribution < 1.29 is 0 Å². The number of rotatable bonds is 0. The van der Waals surface area contributed by atoms with Crippen LogP contribution in [0, 0.1) is 25.4 Å². The van der Waals surface area contributed by atoms with Gasteiger partial charge in [-0.15, -0.1) is 11.3 Å². The number of nitrogens with zero attached hydrogens (tertiary/aromatic N) is 1. The normalized spacial score (nSPS) is 11.0. The van der Waals surface area contributed by atoms with E-state index in [9.17, 15) is 0 Å². The molecule has 0 aliphatic rings. The number of aromatic amines is 1. The Morgan fingerprint density at radius 1 is 1.31 bits per heavy atom.